The highest BCUT2D eigenvalue weighted by molar-refractivity contribution is 6.18. The molecule has 0 fully saturated rings. The molecule has 0 bridgehead atoms. The number of benzene rings is 9. The van der Waals surface area contributed by atoms with Crippen molar-refractivity contribution in [2.45, 2.75) is 0 Å². The Kier molecular flexibility index (Phi) is 7.35. The van der Waals surface area contributed by atoms with Crippen LogP contribution in [-0.4, -0.2) is 9.13 Å². The molecule has 0 aliphatic heterocycles. The molecule has 0 spiro atoms. The van der Waals surface area contributed by atoms with Crippen LogP contribution in [0.15, 0.2) is 215 Å². The topological polar surface area (TPSA) is 40.1 Å². The van der Waals surface area contributed by atoms with E-state index >= 15 is 0 Å². The van der Waals surface area contributed by atoms with Crippen LogP contribution >= 0.6 is 0 Å². The number of hydrogen-bond donors (Lipinski definition) is 0. The lowest BCUT2D eigenvalue weighted by molar-refractivity contribution is 0.570. The van der Waals surface area contributed by atoms with Crippen molar-refractivity contribution in [3.8, 4) is 44.8 Å². The van der Waals surface area contributed by atoms with Gasteiger partial charge < -0.3 is 13.6 Å². The van der Waals surface area contributed by atoms with Gasteiger partial charge in [0.1, 0.15) is 5.58 Å². The molecule has 12 rings (SSSR count). The lowest BCUT2D eigenvalue weighted by atomic mass is 9.90. The molecule has 9 aromatic carbocycles. The molecule has 59 heavy (non-hydrogen) atoms. The average Bonchev–Trinajstić information content (AvgIpc) is 3.81. The average molecular weight is 755 g/mol. The van der Waals surface area contributed by atoms with Gasteiger partial charge in [-0.2, -0.15) is 0 Å². The van der Waals surface area contributed by atoms with E-state index in [1.807, 2.05) is 36.4 Å². The van der Waals surface area contributed by atoms with Crippen LogP contribution in [0, 0.1) is 0 Å². The molecular formula is C55H34N2O2. The maximum absolute atomic E-state index is 13.4. The summed E-state index contributed by atoms with van der Waals surface area (Å²) in [7, 11) is 0. The Balaban J connectivity index is 1.07. The molecule has 4 nitrogen and oxygen atoms in total. The third-order valence-corrected chi connectivity index (χ3v) is 12.0. The molecule has 0 aliphatic carbocycles. The molecule has 0 saturated carbocycles. The summed E-state index contributed by atoms with van der Waals surface area (Å²) in [6.45, 7) is 0. The minimum atomic E-state index is -0.333. The van der Waals surface area contributed by atoms with Crippen LogP contribution in [0.3, 0.4) is 0 Å². The molecule has 0 N–H and O–H groups in total. The van der Waals surface area contributed by atoms with Gasteiger partial charge in [-0.05, 0) is 112 Å². The van der Waals surface area contributed by atoms with Crippen LogP contribution in [0.25, 0.3) is 110 Å². The van der Waals surface area contributed by atoms with Crippen LogP contribution in [0.5, 0.6) is 0 Å². The van der Waals surface area contributed by atoms with Crippen LogP contribution in [0.4, 0.5) is 0 Å². The highest BCUT2D eigenvalue weighted by Gasteiger charge is 2.19. The predicted molar refractivity (Wildman–Crippen MR) is 245 cm³/mol. The van der Waals surface area contributed by atoms with E-state index in [4.69, 9.17) is 4.42 Å². The lowest BCUT2D eigenvalue weighted by Gasteiger charge is -2.14. The van der Waals surface area contributed by atoms with Crippen molar-refractivity contribution in [3.05, 3.63) is 217 Å². The number of para-hydroxylation sites is 4. The van der Waals surface area contributed by atoms with Gasteiger partial charge in [-0.1, -0.05) is 127 Å². The Bertz CT molecular complexity index is 3670. The van der Waals surface area contributed by atoms with E-state index in [0.717, 1.165) is 60.6 Å². The smallest absolute Gasteiger partial charge is 0.344 e. The molecule has 0 atom stereocenters. The summed E-state index contributed by atoms with van der Waals surface area (Å²) in [6, 6.07) is 72.8. The summed E-state index contributed by atoms with van der Waals surface area (Å²) >= 11 is 0. The van der Waals surface area contributed by atoms with Gasteiger partial charge in [0.05, 0.1) is 27.5 Å². The third-order valence-electron chi connectivity index (χ3n) is 12.0. The van der Waals surface area contributed by atoms with Gasteiger partial charge in [0.25, 0.3) is 0 Å². The Morgan fingerprint density at radius 2 is 0.831 bits per heavy atom. The van der Waals surface area contributed by atoms with Crippen LogP contribution in [0.1, 0.15) is 0 Å². The second-order valence-electron chi connectivity index (χ2n) is 15.2. The highest BCUT2D eigenvalue weighted by Crippen LogP contribution is 2.42. The van der Waals surface area contributed by atoms with Gasteiger partial charge in [0.2, 0.25) is 0 Å². The minimum absolute atomic E-state index is 0.333. The van der Waals surface area contributed by atoms with E-state index in [2.05, 4.69) is 179 Å². The van der Waals surface area contributed by atoms with Crippen molar-refractivity contribution < 1.29 is 4.42 Å². The summed E-state index contributed by atoms with van der Waals surface area (Å²) < 4.78 is 10.4. The van der Waals surface area contributed by atoms with E-state index in [-0.39, 0.29) is 5.63 Å². The molecule has 0 unspecified atom stereocenters. The summed E-state index contributed by atoms with van der Waals surface area (Å²) in [5.41, 5.74) is 13.8. The lowest BCUT2D eigenvalue weighted by Crippen LogP contribution is -2.00. The Hall–Kier alpha value is -7.95. The van der Waals surface area contributed by atoms with Gasteiger partial charge >= 0.3 is 5.63 Å². The second kappa shape index (κ2) is 13.1. The fourth-order valence-corrected chi connectivity index (χ4v) is 9.25. The first kappa shape index (κ1) is 33.2. The molecule has 4 heteroatoms. The molecule has 0 aliphatic rings. The molecule has 3 heterocycles. The second-order valence-corrected chi connectivity index (χ2v) is 15.2. The highest BCUT2D eigenvalue weighted by atomic mass is 16.4. The first-order valence-corrected chi connectivity index (χ1v) is 20.0. The number of rotatable bonds is 5. The van der Waals surface area contributed by atoms with E-state index in [0.29, 0.717) is 11.0 Å². The molecule has 12 aromatic rings. The Morgan fingerprint density at radius 1 is 0.305 bits per heavy atom. The monoisotopic (exact) mass is 754 g/mol. The number of hydrogen-bond acceptors (Lipinski definition) is 2. The van der Waals surface area contributed by atoms with Crippen molar-refractivity contribution in [2.75, 3.05) is 0 Å². The zero-order chi connectivity index (χ0) is 39.0. The van der Waals surface area contributed by atoms with Crippen molar-refractivity contribution in [2.24, 2.45) is 0 Å². The third kappa shape index (κ3) is 5.20. The van der Waals surface area contributed by atoms with Gasteiger partial charge in [-0.25, -0.2) is 4.79 Å². The molecule has 276 valence electrons. The standard InChI is InChI=1S/C55H34N2O2/c58-55-49-34-53-48(33-45(49)43-21-11-13-23-54(43)59-55)47-31-37(25-28-52(47)57(53)40-18-8-3-9-19-40)36-24-27-41(44(30-36)35-14-4-1-5-15-35)38-26-29-51-46(32-38)42-20-10-12-22-50(42)56(51)39-16-6-2-7-17-39/h1-34H. The zero-order valence-electron chi connectivity index (χ0n) is 31.8. The summed E-state index contributed by atoms with van der Waals surface area (Å²) in [4.78, 5) is 13.4. The SMILES string of the molecule is O=c1oc2ccccc2c2cc3c4cc(-c5ccc(-c6ccc7c(c6)c6ccccc6n7-c6ccccc6)c(-c6ccccc6)c5)ccc4n(-c4ccccc4)c3cc12. The first-order valence-electron chi connectivity index (χ1n) is 20.0. The number of aromatic nitrogens is 2. The van der Waals surface area contributed by atoms with Crippen LogP contribution < -0.4 is 5.63 Å². The Morgan fingerprint density at radius 3 is 1.58 bits per heavy atom. The molecule has 0 radical (unpaired) electrons. The molecule has 0 saturated heterocycles. The largest absolute Gasteiger partial charge is 0.422 e. The van der Waals surface area contributed by atoms with Gasteiger partial charge in [-0.15, -0.1) is 0 Å². The van der Waals surface area contributed by atoms with Crippen LogP contribution in [-0.2, 0) is 0 Å². The van der Waals surface area contributed by atoms with E-state index in [9.17, 15) is 4.79 Å². The molecule has 0 amide bonds. The van der Waals surface area contributed by atoms with Crippen LogP contribution in [0.2, 0.25) is 0 Å². The normalized spacial score (nSPS) is 11.8. The van der Waals surface area contributed by atoms with Gasteiger partial charge in [-0.3, -0.25) is 0 Å². The molecular weight excluding hydrogens is 721 g/mol. The quantitative estimate of drug-likeness (QED) is 0.130. The van der Waals surface area contributed by atoms with E-state index in [1.54, 1.807) is 0 Å². The number of fused-ring (bicyclic) bond motifs is 9. The van der Waals surface area contributed by atoms with Crippen molar-refractivity contribution in [3.63, 3.8) is 0 Å². The summed E-state index contributed by atoms with van der Waals surface area (Å²) in [5.74, 6) is 0. The maximum Gasteiger partial charge on any atom is 0.344 e. The van der Waals surface area contributed by atoms with Gasteiger partial charge in [0, 0.05) is 43.7 Å². The van der Waals surface area contributed by atoms with Crippen molar-refractivity contribution in [1.29, 1.82) is 0 Å². The summed E-state index contributed by atoms with van der Waals surface area (Å²) in [5, 5.41) is 7.04. The van der Waals surface area contributed by atoms with Crippen molar-refractivity contribution >= 4 is 65.4 Å². The van der Waals surface area contributed by atoms with E-state index in [1.165, 1.54) is 38.5 Å². The molecule has 3 aromatic heterocycles. The van der Waals surface area contributed by atoms with E-state index < -0.39 is 0 Å². The summed E-state index contributed by atoms with van der Waals surface area (Å²) in [6.07, 6.45) is 0. The zero-order valence-corrected chi connectivity index (χ0v) is 31.8. The fraction of sp³-hybridized carbons (Fsp3) is 0. The van der Waals surface area contributed by atoms with Gasteiger partial charge in [0.15, 0.2) is 0 Å². The van der Waals surface area contributed by atoms with Crippen molar-refractivity contribution in [1.82, 2.24) is 9.13 Å². The fourth-order valence-electron chi connectivity index (χ4n) is 9.25. The Labute approximate surface area is 339 Å². The number of nitrogens with zero attached hydrogens (tertiary/aromatic N) is 2. The first-order chi connectivity index (χ1) is 29.2. The minimum Gasteiger partial charge on any atom is -0.422 e. The maximum atomic E-state index is 13.4. The predicted octanol–water partition coefficient (Wildman–Crippen LogP) is 14.1.